The zero-order valence-corrected chi connectivity index (χ0v) is 20.6. The van der Waals surface area contributed by atoms with Crippen LogP contribution >= 0.6 is 11.8 Å². The second kappa shape index (κ2) is 10.4. The first kappa shape index (κ1) is 23.9. The average Bonchev–Trinajstić information content (AvgIpc) is 3.36. The number of para-hydroxylation sites is 2. The smallest absolute Gasteiger partial charge is 0.293 e. The third kappa shape index (κ3) is 4.93. The Kier molecular flexibility index (Phi) is 6.91. The van der Waals surface area contributed by atoms with Crippen molar-refractivity contribution in [3.63, 3.8) is 0 Å². The van der Waals surface area contributed by atoms with E-state index in [2.05, 4.69) is 4.57 Å². The lowest BCUT2D eigenvalue weighted by Crippen LogP contribution is -2.27. The van der Waals surface area contributed by atoms with Gasteiger partial charge in [0.15, 0.2) is 0 Å². The van der Waals surface area contributed by atoms with Crippen LogP contribution in [0.25, 0.3) is 17.0 Å². The molecule has 0 bridgehead atoms. The van der Waals surface area contributed by atoms with Crippen LogP contribution < -0.4 is 4.74 Å². The monoisotopic (exact) mass is 500 g/mol. The van der Waals surface area contributed by atoms with E-state index in [1.165, 1.54) is 6.07 Å². The van der Waals surface area contributed by atoms with E-state index in [1.54, 1.807) is 24.3 Å². The summed E-state index contributed by atoms with van der Waals surface area (Å²) >= 11 is 0.887. The molecule has 1 aliphatic heterocycles. The molecule has 3 aromatic carbocycles. The van der Waals surface area contributed by atoms with Crippen molar-refractivity contribution in [3.8, 4) is 5.75 Å². The third-order valence-electron chi connectivity index (χ3n) is 6.16. The van der Waals surface area contributed by atoms with Gasteiger partial charge in [-0.1, -0.05) is 54.6 Å². The maximum atomic E-state index is 14.1. The molecule has 1 aromatic heterocycles. The molecule has 0 aliphatic carbocycles. The van der Waals surface area contributed by atoms with Crippen molar-refractivity contribution in [2.45, 2.75) is 26.4 Å². The molecule has 0 unspecified atom stereocenters. The number of hydrogen-bond donors (Lipinski definition) is 0. The van der Waals surface area contributed by atoms with Gasteiger partial charge in [0.25, 0.3) is 11.1 Å². The summed E-state index contributed by atoms with van der Waals surface area (Å²) in [6, 6.07) is 22.1. The first-order valence-electron chi connectivity index (χ1n) is 11.8. The number of carbonyl (C=O) groups excluding carboxylic acids is 2. The van der Waals surface area contributed by atoms with E-state index in [-0.39, 0.29) is 6.54 Å². The van der Waals surface area contributed by atoms with Gasteiger partial charge in [-0.05, 0) is 54.9 Å². The summed E-state index contributed by atoms with van der Waals surface area (Å²) in [5.74, 6) is 0.0494. The molecule has 5 rings (SSSR count). The number of amides is 2. The van der Waals surface area contributed by atoms with Crippen molar-refractivity contribution >= 4 is 39.9 Å². The van der Waals surface area contributed by atoms with E-state index in [1.807, 2.05) is 61.7 Å². The summed E-state index contributed by atoms with van der Waals surface area (Å²) < 4.78 is 22.2. The molecule has 0 N–H and O–H groups in total. The van der Waals surface area contributed by atoms with E-state index >= 15 is 0 Å². The Bertz CT molecular complexity index is 1480. The molecule has 182 valence electrons. The summed E-state index contributed by atoms with van der Waals surface area (Å²) in [5.41, 5.74) is 3.33. The van der Waals surface area contributed by atoms with Gasteiger partial charge in [0, 0.05) is 34.8 Å². The predicted octanol–water partition coefficient (Wildman–Crippen LogP) is 6.79. The molecule has 0 saturated carbocycles. The lowest BCUT2D eigenvalue weighted by molar-refractivity contribution is -0.123. The number of hydrogen-bond acceptors (Lipinski definition) is 4. The van der Waals surface area contributed by atoms with E-state index in [4.69, 9.17) is 4.74 Å². The predicted molar refractivity (Wildman–Crippen MR) is 141 cm³/mol. The Morgan fingerprint density at radius 3 is 2.56 bits per heavy atom. The molecule has 5 nitrogen and oxygen atoms in total. The van der Waals surface area contributed by atoms with Crippen LogP contribution in [0.3, 0.4) is 0 Å². The number of nitrogens with zero attached hydrogens (tertiary/aromatic N) is 2. The molecule has 36 heavy (non-hydrogen) atoms. The molecule has 2 amide bonds. The minimum Gasteiger partial charge on any atom is -0.493 e. The van der Waals surface area contributed by atoms with Gasteiger partial charge in [-0.2, -0.15) is 0 Å². The number of fused-ring (bicyclic) bond motifs is 1. The van der Waals surface area contributed by atoms with Gasteiger partial charge in [-0.15, -0.1) is 0 Å². The topological polar surface area (TPSA) is 51.5 Å². The van der Waals surface area contributed by atoms with Crippen molar-refractivity contribution in [1.82, 2.24) is 9.47 Å². The van der Waals surface area contributed by atoms with Crippen LogP contribution in [0.1, 0.15) is 23.1 Å². The maximum absolute atomic E-state index is 14.1. The number of halogens is 1. The lowest BCUT2D eigenvalue weighted by atomic mass is 10.1. The van der Waals surface area contributed by atoms with Crippen LogP contribution in [0.4, 0.5) is 9.18 Å². The Morgan fingerprint density at radius 1 is 0.972 bits per heavy atom. The number of ether oxygens (including phenoxy) is 1. The van der Waals surface area contributed by atoms with Crippen LogP contribution in [-0.4, -0.2) is 27.2 Å². The maximum Gasteiger partial charge on any atom is 0.293 e. The second-order valence-electron chi connectivity index (χ2n) is 8.62. The Hall–Kier alpha value is -3.84. The summed E-state index contributed by atoms with van der Waals surface area (Å²) in [6.07, 6.45) is 4.57. The zero-order valence-electron chi connectivity index (χ0n) is 19.8. The molecule has 1 saturated heterocycles. The molecule has 0 atom stereocenters. The Balaban J connectivity index is 1.33. The van der Waals surface area contributed by atoms with Crippen LogP contribution in [0, 0.1) is 12.7 Å². The number of carbonyl (C=O) groups is 2. The standard InChI is InChI=1S/C29H25FN2O3S/c1-20-9-2-7-14-26(20)35-16-8-15-31-18-22(23-11-4-6-13-25(23)31)17-27-28(33)32(29(34)36-27)19-21-10-3-5-12-24(21)30/h2-7,9-14,17-18H,8,15-16,19H2,1H3/b27-17-. The summed E-state index contributed by atoms with van der Waals surface area (Å²) in [5, 5.41) is 0.602. The number of aryl methyl sites for hydroxylation is 2. The van der Waals surface area contributed by atoms with E-state index in [9.17, 15) is 14.0 Å². The first-order chi connectivity index (χ1) is 17.5. The highest BCUT2D eigenvalue weighted by Crippen LogP contribution is 2.35. The fourth-order valence-corrected chi connectivity index (χ4v) is 5.11. The number of benzene rings is 3. The second-order valence-corrected chi connectivity index (χ2v) is 9.61. The molecule has 2 heterocycles. The largest absolute Gasteiger partial charge is 0.493 e. The Morgan fingerprint density at radius 2 is 1.72 bits per heavy atom. The molecule has 7 heteroatoms. The van der Waals surface area contributed by atoms with E-state index < -0.39 is 17.0 Å². The molecule has 1 aliphatic rings. The molecule has 1 fully saturated rings. The van der Waals surface area contributed by atoms with Crippen molar-refractivity contribution in [3.05, 3.63) is 106 Å². The zero-order chi connectivity index (χ0) is 25.1. The highest BCUT2D eigenvalue weighted by atomic mass is 32.2. The molecular weight excluding hydrogens is 475 g/mol. The van der Waals surface area contributed by atoms with Crippen molar-refractivity contribution in [2.75, 3.05) is 6.61 Å². The Labute approximate surface area is 213 Å². The highest BCUT2D eigenvalue weighted by molar-refractivity contribution is 8.18. The van der Waals surface area contributed by atoms with E-state index in [0.29, 0.717) is 17.1 Å². The molecule has 0 spiro atoms. The van der Waals surface area contributed by atoms with Crippen LogP contribution in [0.15, 0.2) is 83.9 Å². The van der Waals surface area contributed by atoms with Crippen molar-refractivity contribution < 1.29 is 18.7 Å². The summed E-state index contributed by atoms with van der Waals surface area (Å²) in [6.45, 7) is 3.27. The quantitative estimate of drug-likeness (QED) is 0.197. The number of imide groups is 1. The average molecular weight is 501 g/mol. The normalized spacial score (nSPS) is 14.8. The fourth-order valence-electron chi connectivity index (χ4n) is 4.29. The number of thioether (sulfide) groups is 1. The first-order valence-corrected chi connectivity index (χ1v) is 12.6. The van der Waals surface area contributed by atoms with Crippen molar-refractivity contribution in [1.29, 1.82) is 0 Å². The minimum atomic E-state index is -0.435. The van der Waals surface area contributed by atoms with Crippen molar-refractivity contribution in [2.24, 2.45) is 0 Å². The number of aromatic nitrogens is 1. The summed E-state index contributed by atoms with van der Waals surface area (Å²) in [4.78, 5) is 27.0. The lowest BCUT2D eigenvalue weighted by Gasteiger charge is -2.12. The van der Waals surface area contributed by atoms with Gasteiger partial charge >= 0.3 is 0 Å². The van der Waals surface area contributed by atoms with Crippen LogP contribution in [0.5, 0.6) is 5.75 Å². The minimum absolute atomic E-state index is 0.0860. The van der Waals surface area contributed by atoms with Gasteiger partial charge in [0.05, 0.1) is 18.1 Å². The van der Waals surface area contributed by atoms with Crippen LogP contribution in [0.2, 0.25) is 0 Å². The van der Waals surface area contributed by atoms with Gasteiger partial charge in [-0.25, -0.2) is 4.39 Å². The summed E-state index contributed by atoms with van der Waals surface area (Å²) in [7, 11) is 0. The van der Waals surface area contributed by atoms with Crippen LogP contribution in [-0.2, 0) is 17.9 Å². The van der Waals surface area contributed by atoms with Gasteiger partial charge in [0.2, 0.25) is 0 Å². The molecule has 0 radical (unpaired) electrons. The SMILES string of the molecule is Cc1ccccc1OCCCn1cc(/C=C2\SC(=O)N(Cc3ccccc3F)C2=O)c2ccccc21. The fraction of sp³-hybridized carbons (Fsp3) is 0.172. The van der Waals surface area contributed by atoms with Gasteiger partial charge in [-0.3, -0.25) is 14.5 Å². The third-order valence-corrected chi connectivity index (χ3v) is 7.07. The van der Waals surface area contributed by atoms with E-state index in [0.717, 1.165) is 57.4 Å². The molecular formula is C29H25FN2O3S. The number of rotatable bonds is 8. The van der Waals surface area contributed by atoms with Gasteiger partial charge in [0.1, 0.15) is 11.6 Å². The van der Waals surface area contributed by atoms with Gasteiger partial charge < -0.3 is 9.30 Å². The molecule has 4 aromatic rings. The highest BCUT2D eigenvalue weighted by Gasteiger charge is 2.35.